The van der Waals surface area contributed by atoms with Crippen LogP contribution in [0.15, 0.2) is 34.4 Å². The minimum atomic E-state index is -0.453. The highest BCUT2D eigenvalue weighted by Crippen LogP contribution is 2.23. The first-order valence-corrected chi connectivity index (χ1v) is 6.97. The topological polar surface area (TPSA) is 95.7 Å². The van der Waals surface area contributed by atoms with E-state index < -0.39 is 11.8 Å². The van der Waals surface area contributed by atoms with Gasteiger partial charge in [-0.05, 0) is 12.1 Å². The third kappa shape index (κ3) is 2.46. The van der Waals surface area contributed by atoms with E-state index in [9.17, 15) is 9.59 Å². The minimum Gasteiger partial charge on any atom is -0.441 e. The molecule has 0 saturated carbocycles. The van der Waals surface area contributed by atoms with Gasteiger partial charge in [0.1, 0.15) is 11.2 Å². The molecular formula is C15H15N3O4. The molecule has 0 atom stereocenters. The number of aryl methyl sites for hydroxylation is 1. The molecule has 3 rings (SSSR count). The maximum atomic E-state index is 12.1. The number of hydrogen-bond acceptors (Lipinski definition) is 6. The molecule has 1 aliphatic rings. The van der Waals surface area contributed by atoms with E-state index in [1.807, 2.05) is 6.92 Å². The second-order valence-electron chi connectivity index (χ2n) is 4.85. The summed E-state index contributed by atoms with van der Waals surface area (Å²) in [4.78, 5) is 29.0. The number of aliphatic hydroxyl groups is 1. The van der Waals surface area contributed by atoms with E-state index in [-0.39, 0.29) is 18.8 Å². The Labute approximate surface area is 126 Å². The van der Waals surface area contributed by atoms with Gasteiger partial charge in [-0.3, -0.25) is 14.5 Å². The standard InChI is InChI=1S/C15H15N3O4/c1-2-13-17-10-4-3-9(7-12(10)22-13)16-11-8-14(20)18(5-6-19)15(11)21/h3-4,7-8,16,19H,2,5-6H2,1H3. The summed E-state index contributed by atoms with van der Waals surface area (Å²) in [5.74, 6) is -0.242. The maximum absolute atomic E-state index is 12.1. The van der Waals surface area contributed by atoms with Gasteiger partial charge in [0.05, 0.1) is 13.2 Å². The Hall–Kier alpha value is -2.67. The van der Waals surface area contributed by atoms with Gasteiger partial charge in [0.15, 0.2) is 11.5 Å². The van der Waals surface area contributed by atoms with Gasteiger partial charge in [0, 0.05) is 24.3 Å². The number of benzene rings is 1. The lowest BCUT2D eigenvalue weighted by Crippen LogP contribution is -2.34. The van der Waals surface area contributed by atoms with Crippen molar-refractivity contribution in [2.45, 2.75) is 13.3 Å². The predicted molar refractivity (Wildman–Crippen MR) is 78.9 cm³/mol. The minimum absolute atomic E-state index is 0.0135. The first-order chi connectivity index (χ1) is 10.6. The van der Waals surface area contributed by atoms with Gasteiger partial charge < -0.3 is 14.8 Å². The summed E-state index contributed by atoms with van der Waals surface area (Å²) in [5.41, 5.74) is 2.16. The largest absolute Gasteiger partial charge is 0.441 e. The monoisotopic (exact) mass is 301 g/mol. The van der Waals surface area contributed by atoms with Crippen molar-refractivity contribution in [2.75, 3.05) is 18.5 Å². The van der Waals surface area contributed by atoms with Crippen molar-refractivity contribution in [1.29, 1.82) is 0 Å². The molecule has 0 aliphatic carbocycles. The fourth-order valence-electron chi connectivity index (χ4n) is 2.27. The molecule has 114 valence electrons. The van der Waals surface area contributed by atoms with Crippen molar-refractivity contribution in [2.24, 2.45) is 0 Å². The van der Waals surface area contributed by atoms with Crippen LogP contribution in [0.1, 0.15) is 12.8 Å². The Morgan fingerprint density at radius 2 is 2.18 bits per heavy atom. The van der Waals surface area contributed by atoms with E-state index in [0.29, 0.717) is 23.6 Å². The lowest BCUT2D eigenvalue weighted by atomic mass is 10.2. The highest BCUT2D eigenvalue weighted by molar-refractivity contribution is 6.17. The van der Waals surface area contributed by atoms with Crippen molar-refractivity contribution in [3.05, 3.63) is 35.9 Å². The van der Waals surface area contributed by atoms with E-state index in [0.717, 1.165) is 10.4 Å². The Morgan fingerprint density at radius 3 is 2.91 bits per heavy atom. The number of amides is 2. The van der Waals surface area contributed by atoms with Crippen LogP contribution in [0.25, 0.3) is 11.1 Å². The summed E-state index contributed by atoms with van der Waals surface area (Å²) in [6, 6.07) is 5.28. The van der Waals surface area contributed by atoms with Crippen LogP contribution in [0.2, 0.25) is 0 Å². The van der Waals surface area contributed by atoms with Gasteiger partial charge in [0.25, 0.3) is 11.8 Å². The van der Waals surface area contributed by atoms with Gasteiger partial charge in [-0.25, -0.2) is 4.98 Å². The van der Waals surface area contributed by atoms with Crippen molar-refractivity contribution in [3.63, 3.8) is 0 Å². The summed E-state index contributed by atoms with van der Waals surface area (Å²) >= 11 is 0. The number of oxazole rings is 1. The molecule has 0 saturated heterocycles. The first kappa shape index (κ1) is 14.3. The van der Waals surface area contributed by atoms with Crippen LogP contribution in [0.4, 0.5) is 5.69 Å². The number of hydrogen-bond donors (Lipinski definition) is 2. The molecule has 7 heteroatoms. The van der Waals surface area contributed by atoms with Crippen molar-refractivity contribution < 1.29 is 19.1 Å². The summed E-state index contributed by atoms with van der Waals surface area (Å²) in [7, 11) is 0. The molecule has 0 unspecified atom stereocenters. The Balaban J connectivity index is 1.82. The average Bonchev–Trinajstić information content (AvgIpc) is 3.03. The number of nitrogens with zero attached hydrogens (tertiary/aromatic N) is 2. The molecule has 0 radical (unpaired) electrons. The molecular weight excluding hydrogens is 286 g/mol. The lowest BCUT2D eigenvalue weighted by molar-refractivity contribution is -0.137. The number of β-amino-alcohol motifs (C(OH)–C–C–N with tert-alkyl or cyclic N) is 1. The lowest BCUT2D eigenvalue weighted by Gasteiger charge is -2.13. The van der Waals surface area contributed by atoms with E-state index in [1.165, 1.54) is 6.08 Å². The zero-order valence-electron chi connectivity index (χ0n) is 12.0. The van der Waals surface area contributed by atoms with Crippen molar-refractivity contribution >= 4 is 28.6 Å². The number of fused-ring (bicyclic) bond motifs is 1. The second-order valence-corrected chi connectivity index (χ2v) is 4.85. The fraction of sp³-hybridized carbons (Fsp3) is 0.267. The van der Waals surface area contributed by atoms with Crippen LogP contribution in [0, 0.1) is 0 Å². The molecule has 0 bridgehead atoms. The zero-order valence-corrected chi connectivity index (χ0v) is 12.0. The molecule has 2 N–H and O–H groups in total. The number of nitrogens with one attached hydrogen (secondary N) is 1. The first-order valence-electron chi connectivity index (χ1n) is 6.97. The summed E-state index contributed by atoms with van der Waals surface area (Å²) < 4.78 is 5.56. The molecule has 1 aromatic heterocycles. The van der Waals surface area contributed by atoms with Gasteiger partial charge in [0.2, 0.25) is 0 Å². The number of carbonyl (C=O) groups is 2. The second kappa shape index (κ2) is 5.61. The van der Waals surface area contributed by atoms with E-state index in [4.69, 9.17) is 9.52 Å². The number of aliphatic hydroxyl groups excluding tert-OH is 1. The molecule has 1 aliphatic heterocycles. The predicted octanol–water partition coefficient (Wildman–Crippen LogP) is 1.05. The van der Waals surface area contributed by atoms with Crippen molar-refractivity contribution in [3.8, 4) is 0 Å². The highest BCUT2D eigenvalue weighted by Gasteiger charge is 2.30. The number of rotatable bonds is 5. The number of anilines is 1. The van der Waals surface area contributed by atoms with Gasteiger partial charge in [-0.2, -0.15) is 0 Å². The smallest absolute Gasteiger partial charge is 0.277 e. The van der Waals surface area contributed by atoms with Crippen molar-refractivity contribution in [1.82, 2.24) is 9.88 Å². The number of aromatic nitrogens is 1. The zero-order chi connectivity index (χ0) is 15.7. The van der Waals surface area contributed by atoms with Crippen LogP contribution < -0.4 is 5.32 Å². The molecule has 0 fully saturated rings. The molecule has 2 aromatic rings. The third-order valence-corrected chi connectivity index (χ3v) is 3.35. The Bertz CT molecular complexity index is 778. The fourth-order valence-corrected chi connectivity index (χ4v) is 2.27. The van der Waals surface area contributed by atoms with Crippen LogP contribution in [-0.4, -0.2) is 40.0 Å². The molecule has 7 nitrogen and oxygen atoms in total. The molecule has 2 amide bonds. The highest BCUT2D eigenvalue weighted by atomic mass is 16.3. The molecule has 0 spiro atoms. The third-order valence-electron chi connectivity index (χ3n) is 3.35. The number of carbonyl (C=O) groups excluding carboxylic acids is 2. The van der Waals surface area contributed by atoms with Crippen LogP contribution in [-0.2, 0) is 16.0 Å². The van der Waals surface area contributed by atoms with E-state index in [2.05, 4.69) is 10.3 Å². The van der Waals surface area contributed by atoms with E-state index in [1.54, 1.807) is 18.2 Å². The quantitative estimate of drug-likeness (QED) is 0.801. The molecule has 2 heterocycles. The van der Waals surface area contributed by atoms with E-state index >= 15 is 0 Å². The van der Waals surface area contributed by atoms with Gasteiger partial charge in [-0.1, -0.05) is 6.92 Å². The summed E-state index contributed by atoms with van der Waals surface area (Å²) in [6.45, 7) is 1.68. The summed E-state index contributed by atoms with van der Waals surface area (Å²) in [5, 5.41) is 11.8. The van der Waals surface area contributed by atoms with Crippen LogP contribution in [0.5, 0.6) is 0 Å². The Kier molecular flexibility index (Phi) is 3.64. The average molecular weight is 301 g/mol. The molecule has 1 aromatic carbocycles. The maximum Gasteiger partial charge on any atom is 0.277 e. The van der Waals surface area contributed by atoms with Gasteiger partial charge in [-0.15, -0.1) is 0 Å². The Morgan fingerprint density at radius 1 is 1.36 bits per heavy atom. The normalized spacial score (nSPS) is 14.8. The number of imide groups is 1. The summed E-state index contributed by atoms with van der Waals surface area (Å²) in [6.07, 6.45) is 1.92. The van der Waals surface area contributed by atoms with Crippen LogP contribution in [0.3, 0.4) is 0 Å². The van der Waals surface area contributed by atoms with Gasteiger partial charge >= 0.3 is 0 Å². The molecule has 22 heavy (non-hydrogen) atoms. The SMILES string of the molecule is CCc1nc2ccc(NC3=CC(=O)N(CCO)C3=O)cc2o1. The van der Waals surface area contributed by atoms with Crippen LogP contribution >= 0.6 is 0 Å².